The van der Waals surface area contributed by atoms with Gasteiger partial charge >= 0.3 is 24.0 Å². The molecule has 118 valence electrons. The summed E-state index contributed by atoms with van der Waals surface area (Å²) < 4.78 is 90.2. The van der Waals surface area contributed by atoms with Gasteiger partial charge in [-0.05, 0) is 18.2 Å². The maximum Gasteiger partial charge on any atom is 0.460 e. The largest absolute Gasteiger partial charge is 0.460 e. The van der Waals surface area contributed by atoms with Crippen LogP contribution in [-0.4, -0.2) is 30.6 Å². The molecule has 0 fully saturated rings. The second kappa shape index (κ2) is 5.70. The molecule has 1 aromatic rings. The van der Waals surface area contributed by atoms with Crippen LogP contribution in [0.25, 0.3) is 0 Å². The third-order valence-corrected chi connectivity index (χ3v) is 2.50. The smallest absolute Gasteiger partial charge is 0.455 e. The fraction of sp³-hybridized carbons (Fsp3) is 0.364. The lowest BCUT2D eigenvalue weighted by atomic mass is 10.1. The quantitative estimate of drug-likeness (QED) is 0.603. The number of carbonyl (C=O) groups is 1. The molecule has 2 nitrogen and oxygen atoms in total. The summed E-state index contributed by atoms with van der Waals surface area (Å²) in [7, 11) is 0. The highest BCUT2D eigenvalue weighted by atomic mass is 35.5. The Morgan fingerprint density at radius 2 is 1.67 bits per heavy atom. The van der Waals surface area contributed by atoms with Crippen molar-refractivity contribution in [1.82, 2.24) is 0 Å². The molecule has 0 bridgehead atoms. The maximum absolute atomic E-state index is 12.9. The van der Waals surface area contributed by atoms with Crippen LogP contribution in [0.5, 0.6) is 0 Å². The first-order valence-electron chi connectivity index (χ1n) is 5.13. The lowest BCUT2D eigenvalue weighted by molar-refractivity contribution is -0.359. The number of hydrogen-bond acceptors (Lipinski definition) is 2. The minimum Gasteiger partial charge on any atom is -0.455 e. The normalized spacial score (nSPS) is 13.1. The summed E-state index contributed by atoms with van der Waals surface area (Å²) in [5.41, 5.74) is -0.367. The van der Waals surface area contributed by atoms with Crippen LogP contribution in [0.3, 0.4) is 0 Å². The van der Waals surface area contributed by atoms with E-state index in [1.807, 2.05) is 0 Å². The molecule has 0 aliphatic rings. The molecule has 0 atom stereocenters. The van der Waals surface area contributed by atoms with Gasteiger partial charge in [-0.1, -0.05) is 17.7 Å². The average molecular weight is 339 g/mol. The topological polar surface area (TPSA) is 26.3 Å². The predicted octanol–water partition coefficient (Wildman–Crippen LogP) is 4.33. The van der Waals surface area contributed by atoms with Crippen LogP contribution in [0.2, 0.25) is 5.02 Å². The first-order chi connectivity index (χ1) is 9.38. The number of alkyl halides is 7. The summed E-state index contributed by atoms with van der Waals surface area (Å²) in [6.07, 6.45) is -6.47. The van der Waals surface area contributed by atoms with E-state index in [2.05, 4.69) is 4.74 Å². The van der Waals surface area contributed by atoms with E-state index < -0.39 is 30.6 Å². The third kappa shape index (κ3) is 3.78. The SMILES string of the molecule is O=C(OCC(F)(F)C(F)(F)C(F)(F)F)c1cccc(Cl)c1. The predicted molar refractivity (Wildman–Crippen MR) is 57.7 cm³/mol. The summed E-state index contributed by atoms with van der Waals surface area (Å²) in [5, 5.41) is 0.0248. The Balaban J connectivity index is 2.80. The second-order valence-electron chi connectivity index (χ2n) is 3.86. The van der Waals surface area contributed by atoms with Gasteiger partial charge in [0.2, 0.25) is 0 Å². The molecular formula is C11H6ClF7O2. The molecule has 0 spiro atoms. The highest BCUT2D eigenvalue weighted by Crippen LogP contribution is 2.46. The van der Waals surface area contributed by atoms with Crippen molar-refractivity contribution in [3.05, 3.63) is 34.9 Å². The van der Waals surface area contributed by atoms with E-state index in [9.17, 15) is 35.5 Å². The van der Waals surface area contributed by atoms with Crippen molar-refractivity contribution in [2.75, 3.05) is 6.61 Å². The van der Waals surface area contributed by atoms with Gasteiger partial charge in [-0.15, -0.1) is 0 Å². The standard InChI is InChI=1S/C11H6ClF7O2/c12-7-3-1-2-6(4-7)8(20)21-5-9(13,14)10(15,16)11(17,18)19/h1-4H,5H2. The van der Waals surface area contributed by atoms with E-state index in [1.54, 1.807) is 0 Å². The van der Waals surface area contributed by atoms with Gasteiger partial charge < -0.3 is 4.74 Å². The zero-order valence-electron chi connectivity index (χ0n) is 9.86. The van der Waals surface area contributed by atoms with E-state index in [0.717, 1.165) is 12.1 Å². The number of halogens is 8. The molecule has 0 N–H and O–H groups in total. The summed E-state index contributed by atoms with van der Waals surface area (Å²) in [6.45, 7) is -2.43. The van der Waals surface area contributed by atoms with Crippen LogP contribution in [-0.2, 0) is 4.74 Å². The molecule has 0 aliphatic carbocycles. The van der Waals surface area contributed by atoms with Gasteiger partial charge in [0, 0.05) is 5.02 Å². The zero-order valence-corrected chi connectivity index (χ0v) is 10.6. The minimum absolute atomic E-state index is 0.0248. The van der Waals surface area contributed by atoms with E-state index in [4.69, 9.17) is 11.6 Å². The summed E-state index contributed by atoms with van der Waals surface area (Å²) >= 11 is 5.49. The van der Waals surface area contributed by atoms with Crippen molar-refractivity contribution in [2.45, 2.75) is 18.0 Å². The Morgan fingerprint density at radius 3 is 2.14 bits per heavy atom. The van der Waals surface area contributed by atoms with Gasteiger partial charge in [0.1, 0.15) is 0 Å². The molecule has 0 unspecified atom stereocenters. The number of benzene rings is 1. The molecule has 0 aromatic heterocycles. The highest BCUT2D eigenvalue weighted by molar-refractivity contribution is 6.30. The van der Waals surface area contributed by atoms with Crippen LogP contribution < -0.4 is 0 Å². The minimum atomic E-state index is -6.47. The molecular weight excluding hydrogens is 333 g/mol. The molecule has 10 heteroatoms. The van der Waals surface area contributed by atoms with E-state index >= 15 is 0 Å². The van der Waals surface area contributed by atoms with Crippen molar-refractivity contribution in [3.8, 4) is 0 Å². The zero-order chi connectivity index (χ0) is 16.5. The third-order valence-electron chi connectivity index (χ3n) is 2.26. The van der Waals surface area contributed by atoms with Crippen LogP contribution >= 0.6 is 11.6 Å². The monoisotopic (exact) mass is 338 g/mol. The van der Waals surface area contributed by atoms with Gasteiger partial charge in [-0.2, -0.15) is 30.7 Å². The van der Waals surface area contributed by atoms with Crippen molar-refractivity contribution in [3.63, 3.8) is 0 Å². The Morgan fingerprint density at radius 1 is 1.10 bits per heavy atom. The van der Waals surface area contributed by atoms with Gasteiger partial charge in [-0.3, -0.25) is 0 Å². The Hall–Kier alpha value is -1.51. The summed E-state index contributed by atoms with van der Waals surface area (Å²) in [4.78, 5) is 11.3. The Bertz CT molecular complexity index is 528. The number of hydrogen-bond donors (Lipinski definition) is 0. The van der Waals surface area contributed by atoms with Gasteiger partial charge in [0.15, 0.2) is 6.61 Å². The van der Waals surface area contributed by atoms with Gasteiger partial charge in [-0.25, -0.2) is 4.79 Å². The molecule has 0 amide bonds. The molecule has 0 aliphatic heterocycles. The van der Waals surface area contributed by atoms with Gasteiger partial charge in [0.05, 0.1) is 5.56 Å². The molecule has 0 saturated carbocycles. The highest BCUT2D eigenvalue weighted by Gasteiger charge is 2.73. The number of esters is 1. The molecule has 1 rings (SSSR count). The van der Waals surface area contributed by atoms with E-state index in [1.165, 1.54) is 12.1 Å². The first kappa shape index (κ1) is 17.5. The number of rotatable bonds is 4. The van der Waals surface area contributed by atoms with E-state index in [-0.39, 0.29) is 10.6 Å². The van der Waals surface area contributed by atoms with Gasteiger partial charge in [0.25, 0.3) is 0 Å². The van der Waals surface area contributed by atoms with Crippen LogP contribution in [0.15, 0.2) is 24.3 Å². The lowest BCUT2D eigenvalue weighted by Gasteiger charge is -2.27. The molecule has 0 heterocycles. The summed E-state index contributed by atoms with van der Waals surface area (Å²) in [5.74, 6) is -13.4. The van der Waals surface area contributed by atoms with Crippen molar-refractivity contribution in [2.24, 2.45) is 0 Å². The molecule has 21 heavy (non-hydrogen) atoms. The first-order valence-corrected chi connectivity index (χ1v) is 5.51. The molecule has 1 aromatic carbocycles. The second-order valence-corrected chi connectivity index (χ2v) is 4.30. The van der Waals surface area contributed by atoms with Crippen molar-refractivity contribution < 1.29 is 40.3 Å². The lowest BCUT2D eigenvalue weighted by Crippen LogP contribution is -2.54. The van der Waals surface area contributed by atoms with Crippen LogP contribution in [0.1, 0.15) is 10.4 Å². The van der Waals surface area contributed by atoms with Crippen molar-refractivity contribution in [1.29, 1.82) is 0 Å². The summed E-state index contributed by atoms with van der Waals surface area (Å²) in [6, 6.07) is 4.60. The van der Waals surface area contributed by atoms with E-state index in [0.29, 0.717) is 0 Å². The molecule has 0 saturated heterocycles. The Kier molecular flexibility index (Phi) is 4.76. The average Bonchev–Trinajstić information content (AvgIpc) is 2.34. The van der Waals surface area contributed by atoms with Crippen LogP contribution in [0, 0.1) is 0 Å². The van der Waals surface area contributed by atoms with Crippen LogP contribution in [0.4, 0.5) is 30.7 Å². The fourth-order valence-corrected chi connectivity index (χ4v) is 1.34. The fourth-order valence-electron chi connectivity index (χ4n) is 1.15. The Labute approximate surface area is 118 Å². The maximum atomic E-state index is 12.9. The molecule has 0 radical (unpaired) electrons. The number of carbonyl (C=O) groups excluding carboxylic acids is 1. The number of ether oxygens (including phenoxy) is 1. The van der Waals surface area contributed by atoms with Crippen molar-refractivity contribution >= 4 is 17.6 Å².